The van der Waals surface area contributed by atoms with Crippen molar-refractivity contribution in [3.8, 4) is 5.75 Å². The third-order valence-corrected chi connectivity index (χ3v) is 6.12. The number of rotatable bonds is 8. The number of halogens is 3. The Hall–Kier alpha value is -3.39. The summed E-state index contributed by atoms with van der Waals surface area (Å²) in [4.78, 5) is 19.3. The van der Waals surface area contributed by atoms with Crippen molar-refractivity contribution in [2.75, 3.05) is 13.7 Å². The fourth-order valence-corrected chi connectivity index (χ4v) is 4.14. The van der Waals surface area contributed by atoms with Gasteiger partial charge in [0.2, 0.25) is 0 Å². The van der Waals surface area contributed by atoms with Gasteiger partial charge in [0.15, 0.2) is 0 Å². The number of alkyl halides is 3. The number of nitrogens with zero attached hydrogens (tertiary/aromatic N) is 2. The molecule has 2 heterocycles. The van der Waals surface area contributed by atoms with Crippen LogP contribution >= 0.6 is 0 Å². The molecule has 184 valence electrons. The lowest BCUT2D eigenvalue weighted by Gasteiger charge is -2.36. The van der Waals surface area contributed by atoms with Crippen molar-refractivity contribution >= 4 is 5.91 Å². The SMILES string of the molecule is CCc1ccc(CCOC2Cc3cc(OC)ccc3C(=O)N2Cc2cccc(C(F)(F)F)c2)nc1. The minimum absolute atomic E-state index is 0.00232. The highest BCUT2D eigenvalue weighted by atomic mass is 19.4. The molecule has 1 aliphatic rings. The summed E-state index contributed by atoms with van der Waals surface area (Å²) in [5.74, 6) is 0.337. The van der Waals surface area contributed by atoms with E-state index < -0.39 is 18.0 Å². The van der Waals surface area contributed by atoms with Crippen LogP contribution in [0.5, 0.6) is 5.75 Å². The summed E-state index contributed by atoms with van der Waals surface area (Å²) >= 11 is 0. The average molecular weight is 485 g/mol. The van der Waals surface area contributed by atoms with E-state index in [4.69, 9.17) is 9.47 Å². The molecule has 1 unspecified atom stereocenters. The molecule has 2 aromatic carbocycles. The van der Waals surface area contributed by atoms with Crippen molar-refractivity contribution in [3.05, 3.63) is 94.3 Å². The van der Waals surface area contributed by atoms with Crippen LogP contribution in [0.3, 0.4) is 0 Å². The van der Waals surface area contributed by atoms with E-state index in [1.54, 1.807) is 31.4 Å². The van der Waals surface area contributed by atoms with Gasteiger partial charge in [0.1, 0.15) is 12.0 Å². The summed E-state index contributed by atoms with van der Waals surface area (Å²) in [7, 11) is 1.55. The molecule has 1 atom stereocenters. The predicted molar refractivity (Wildman–Crippen MR) is 125 cm³/mol. The number of methoxy groups -OCH3 is 1. The number of fused-ring (bicyclic) bond motifs is 1. The first-order chi connectivity index (χ1) is 16.8. The van der Waals surface area contributed by atoms with E-state index in [0.29, 0.717) is 36.3 Å². The van der Waals surface area contributed by atoms with E-state index in [-0.39, 0.29) is 12.5 Å². The number of carbonyl (C=O) groups is 1. The summed E-state index contributed by atoms with van der Waals surface area (Å²) in [6, 6.07) is 14.2. The Bertz CT molecular complexity index is 1180. The highest BCUT2D eigenvalue weighted by molar-refractivity contribution is 5.97. The first-order valence-corrected chi connectivity index (χ1v) is 11.5. The van der Waals surface area contributed by atoms with E-state index in [1.165, 1.54) is 11.0 Å². The summed E-state index contributed by atoms with van der Waals surface area (Å²) in [5, 5.41) is 0. The lowest BCUT2D eigenvalue weighted by Crippen LogP contribution is -2.47. The van der Waals surface area contributed by atoms with Crippen molar-refractivity contribution in [2.45, 2.75) is 45.1 Å². The van der Waals surface area contributed by atoms with Gasteiger partial charge < -0.3 is 14.4 Å². The summed E-state index contributed by atoms with van der Waals surface area (Å²) < 4.78 is 51.1. The lowest BCUT2D eigenvalue weighted by atomic mass is 9.96. The molecule has 0 fully saturated rings. The predicted octanol–water partition coefficient (Wildman–Crippen LogP) is 5.46. The maximum absolute atomic E-state index is 13.4. The van der Waals surface area contributed by atoms with Crippen LogP contribution in [0.15, 0.2) is 60.8 Å². The van der Waals surface area contributed by atoms with E-state index in [0.717, 1.165) is 35.4 Å². The molecule has 0 saturated heterocycles. The molecule has 8 heteroatoms. The first kappa shape index (κ1) is 24.7. The number of amides is 1. The molecule has 1 aromatic heterocycles. The van der Waals surface area contributed by atoms with Gasteiger partial charge in [0.25, 0.3) is 5.91 Å². The number of aromatic nitrogens is 1. The van der Waals surface area contributed by atoms with Gasteiger partial charge in [-0.1, -0.05) is 25.1 Å². The maximum Gasteiger partial charge on any atom is 0.416 e. The summed E-state index contributed by atoms with van der Waals surface area (Å²) in [5.41, 5.74) is 2.93. The fourth-order valence-electron chi connectivity index (χ4n) is 4.14. The van der Waals surface area contributed by atoms with Gasteiger partial charge >= 0.3 is 6.18 Å². The van der Waals surface area contributed by atoms with Crippen LogP contribution in [-0.4, -0.2) is 35.7 Å². The second-order valence-corrected chi connectivity index (χ2v) is 8.45. The van der Waals surface area contributed by atoms with Crippen molar-refractivity contribution in [3.63, 3.8) is 0 Å². The Morgan fingerprint density at radius 1 is 1.09 bits per heavy atom. The second-order valence-electron chi connectivity index (χ2n) is 8.45. The zero-order valence-corrected chi connectivity index (χ0v) is 19.6. The fraction of sp³-hybridized carbons (Fsp3) is 0.333. The van der Waals surface area contributed by atoms with E-state index in [2.05, 4.69) is 11.9 Å². The number of aryl methyl sites for hydroxylation is 1. The maximum atomic E-state index is 13.4. The third-order valence-electron chi connectivity index (χ3n) is 6.12. The van der Waals surface area contributed by atoms with Gasteiger partial charge in [-0.3, -0.25) is 9.78 Å². The van der Waals surface area contributed by atoms with E-state index in [1.807, 2.05) is 18.3 Å². The average Bonchev–Trinajstić information content (AvgIpc) is 2.86. The highest BCUT2D eigenvalue weighted by Crippen LogP contribution is 2.32. The third kappa shape index (κ3) is 5.82. The Kier molecular flexibility index (Phi) is 7.40. The minimum atomic E-state index is -4.46. The largest absolute Gasteiger partial charge is 0.497 e. The minimum Gasteiger partial charge on any atom is -0.497 e. The molecule has 0 spiro atoms. The van der Waals surface area contributed by atoms with Crippen LogP contribution in [0.4, 0.5) is 13.2 Å². The molecule has 0 N–H and O–H groups in total. The number of hydrogen-bond acceptors (Lipinski definition) is 4. The Balaban J connectivity index is 1.55. The quantitative estimate of drug-likeness (QED) is 0.426. The van der Waals surface area contributed by atoms with Crippen LogP contribution in [0.1, 0.15) is 45.2 Å². The van der Waals surface area contributed by atoms with E-state index in [9.17, 15) is 18.0 Å². The van der Waals surface area contributed by atoms with Gasteiger partial charge in [-0.2, -0.15) is 13.2 Å². The van der Waals surface area contributed by atoms with Gasteiger partial charge in [0.05, 0.1) is 19.3 Å². The van der Waals surface area contributed by atoms with Crippen molar-refractivity contribution < 1.29 is 27.4 Å². The summed E-state index contributed by atoms with van der Waals surface area (Å²) in [6.07, 6.45) is -1.40. The Morgan fingerprint density at radius 2 is 1.91 bits per heavy atom. The molecule has 35 heavy (non-hydrogen) atoms. The number of pyridine rings is 1. The van der Waals surface area contributed by atoms with Crippen LogP contribution in [0, 0.1) is 0 Å². The molecule has 4 rings (SSSR count). The number of hydrogen-bond donors (Lipinski definition) is 0. The first-order valence-electron chi connectivity index (χ1n) is 11.5. The van der Waals surface area contributed by atoms with Crippen LogP contribution < -0.4 is 4.74 Å². The molecule has 1 amide bonds. The molecule has 0 saturated carbocycles. The van der Waals surface area contributed by atoms with Crippen molar-refractivity contribution in [1.29, 1.82) is 0 Å². The molecule has 0 radical (unpaired) electrons. The number of carbonyl (C=O) groups excluding carboxylic acids is 1. The monoisotopic (exact) mass is 484 g/mol. The van der Waals surface area contributed by atoms with Gasteiger partial charge in [0, 0.05) is 36.8 Å². The van der Waals surface area contributed by atoms with Gasteiger partial charge in [-0.25, -0.2) is 0 Å². The molecule has 1 aliphatic heterocycles. The number of benzene rings is 2. The van der Waals surface area contributed by atoms with Crippen molar-refractivity contribution in [1.82, 2.24) is 9.88 Å². The molecule has 0 bridgehead atoms. The Labute approximate surface area is 202 Å². The molecule has 5 nitrogen and oxygen atoms in total. The van der Waals surface area contributed by atoms with E-state index >= 15 is 0 Å². The molecular formula is C27H27F3N2O3. The number of ether oxygens (including phenoxy) is 2. The molecule has 3 aromatic rings. The second kappa shape index (κ2) is 10.5. The van der Waals surface area contributed by atoms with Crippen LogP contribution in [-0.2, 0) is 36.7 Å². The standard InChI is InChI=1S/C27H27F3N2O3/c1-3-18-7-8-22(31-16-18)11-12-35-25-15-20-14-23(34-2)9-10-24(20)26(33)32(25)17-19-5-4-6-21(13-19)27(28,29)30/h4-10,13-14,16,25H,3,11-12,15,17H2,1-2H3. The zero-order valence-electron chi connectivity index (χ0n) is 19.6. The molecular weight excluding hydrogens is 457 g/mol. The lowest BCUT2D eigenvalue weighted by molar-refractivity contribution is -0.137. The zero-order chi connectivity index (χ0) is 25.0. The summed E-state index contributed by atoms with van der Waals surface area (Å²) in [6.45, 7) is 2.38. The topological polar surface area (TPSA) is 51.7 Å². The van der Waals surface area contributed by atoms with Crippen molar-refractivity contribution in [2.24, 2.45) is 0 Å². The Morgan fingerprint density at radius 3 is 2.60 bits per heavy atom. The van der Waals surface area contributed by atoms with Crippen LogP contribution in [0.2, 0.25) is 0 Å². The molecule has 0 aliphatic carbocycles. The van der Waals surface area contributed by atoms with Gasteiger partial charge in [-0.15, -0.1) is 0 Å². The normalized spacial score (nSPS) is 15.7. The van der Waals surface area contributed by atoms with Gasteiger partial charge in [-0.05, 0) is 59.5 Å². The highest BCUT2D eigenvalue weighted by Gasteiger charge is 2.34. The smallest absolute Gasteiger partial charge is 0.416 e. The van der Waals surface area contributed by atoms with Crippen LogP contribution in [0.25, 0.3) is 0 Å².